The molecule has 0 unspecified atom stereocenters. The molecule has 1 aliphatic rings. The molecular weight excluding hydrogens is 370 g/mol. The van der Waals surface area contributed by atoms with Crippen LogP contribution >= 0.6 is 11.6 Å². The normalized spacial score (nSPS) is 15.1. The number of methoxy groups -OCH3 is 1. The monoisotopic (exact) mass is 387 g/mol. The van der Waals surface area contributed by atoms with E-state index in [4.69, 9.17) is 25.2 Å². The molecule has 3 heterocycles. The Balaban J connectivity index is 1.43. The number of nitrogens with zero attached hydrogens (tertiary/aromatic N) is 3. The van der Waals surface area contributed by atoms with E-state index in [1.54, 1.807) is 48.8 Å². The van der Waals surface area contributed by atoms with Gasteiger partial charge in [-0.3, -0.25) is 4.79 Å². The van der Waals surface area contributed by atoms with Gasteiger partial charge in [0.2, 0.25) is 5.89 Å². The van der Waals surface area contributed by atoms with Crippen LogP contribution in [0.25, 0.3) is 11.5 Å². The smallest absolute Gasteiger partial charge is 0.257 e. The van der Waals surface area contributed by atoms with E-state index in [9.17, 15) is 4.79 Å². The van der Waals surface area contributed by atoms with E-state index in [0.29, 0.717) is 41.2 Å². The van der Waals surface area contributed by atoms with Crippen LogP contribution in [0, 0.1) is 0 Å². The van der Waals surface area contributed by atoms with E-state index < -0.39 is 0 Å². The van der Waals surface area contributed by atoms with Crippen molar-refractivity contribution in [2.45, 2.75) is 18.8 Å². The summed E-state index contributed by atoms with van der Waals surface area (Å²) in [5.74, 6) is 1.61. The molecule has 0 radical (unpaired) electrons. The Morgan fingerprint density at radius 3 is 2.78 bits per heavy atom. The zero-order valence-corrected chi connectivity index (χ0v) is 15.5. The van der Waals surface area contributed by atoms with Crippen LogP contribution in [-0.2, 0) is 0 Å². The standard InChI is InChI=1S/C19H18ClN3O4/c1-25-16-3-2-14(20)10-15(16)19(24)23-7-4-12(5-8-23)17-21-22-18(27-17)13-6-9-26-11-13/h2-3,6,9-12H,4-5,7-8H2,1H3. The molecule has 27 heavy (non-hydrogen) atoms. The summed E-state index contributed by atoms with van der Waals surface area (Å²) in [7, 11) is 1.54. The number of hydrogen-bond acceptors (Lipinski definition) is 6. The molecule has 2 aromatic heterocycles. The molecule has 0 spiro atoms. The minimum absolute atomic E-state index is 0.0857. The first-order valence-corrected chi connectivity index (χ1v) is 9.02. The molecule has 0 atom stereocenters. The van der Waals surface area contributed by atoms with Crippen molar-refractivity contribution >= 4 is 17.5 Å². The average Bonchev–Trinajstić information content (AvgIpc) is 3.39. The van der Waals surface area contributed by atoms with Crippen molar-refractivity contribution in [3.05, 3.63) is 53.3 Å². The van der Waals surface area contributed by atoms with Gasteiger partial charge < -0.3 is 18.5 Å². The maximum Gasteiger partial charge on any atom is 0.257 e. The summed E-state index contributed by atoms with van der Waals surface area (Å²) in [6, 6.07) is 6.83. The topological polar surface area (TPSA) is 81.6 Å². The van der Waals surface area contributed by atoms with E-state index in [0.717, 1.165) is 18.4 Å². The Kier molecular flexibility index (Phi) is 4.85. The molecule has 0 N–H and O–H groups in total. The minimum Gasteiger partial charge on any atom is -0.496 e. The van der Waals surface area contributed by atoms with Crippen LogP contribution < -0.4 is 4.74 Å². The minimum atomic E-state index is -0.0857. The van der Waals surface area contributed by atoms with E-state index in [1.165, 1.54) is 0 Å². The predicted molar refractivity (Wildman–Crippen MR) is 97.9 cm³/mol. The Labute approximate surface area is 160 Å². The summed E-state index contributed by atoms with van der Waals surface area (Å²) >= 11 is 6.04. The molecule has 1 fully saturated rings. The van der Waals surface area contributed by atoms with Crippen LogP contribution in [0.4, 0.5) is 0 Å². The highest BCUT2D eigenvalue weighted by atomic mass is 35.5. The Morgan fingerprint density at radius 1 is 1.26 bits per heavy atom. The number of carbonyl (C=O) groups is 1. The van der Waals surface area contributed by atoms with Gasteiger partial charge in [-0.05, 0) is 37.1 Å². The molecule has 0 saturated carbocycles. The van der Waals surface area contributed by atoms with Gasteiger partial charge in [0.25, 0.3) is 11.8 Å². The number of benzene rings is 1. The third kappa shape index (κ3) is 3.55. The highest BCUT2D eigenvalue weighted by molar-refractivity contribution is 6.31. The van der Waals surface area contributed by atoms with Gasteiger partial charge in [-0.25, -0.2) is 0 Å². The number of aromatic nitrogens is 2. The third-order valence-electron chi connectivity index (χ3n) is 4.73. The van der Waals surface area contributed by atoms with Crippen LogP contribution in [-0.4, -0.2) is 41.2 Å². The molecule has 4 rings (SSSR count). The number of furan rings is 1. The number of amides is 1. The molecule has 8 heteroatoms. The summed E-state index contributed by atoms with van der Waals surface area (Å²) in [6.07, 6.45) is 4.63. The number of halogens is 1. The molecule has 3 aromatic rings. The zero-order valence-electron chi connectivity index (χ0n) is 14.7. The lowest BCUT2D eigenvalue weighted by molar-refractivity contribution is 0.0703. The number of hydrogen-bond donors (Lipinski definition) is 0. The van der Waals surface area contributed by atoms with Crippen molar-refractivity contribution in [1.82, 2.24) is 15.1 Å². The highest BCUT2D eigenvalue weighted by Gasteiger charge is 2.29. The first-order chi connectivity index (χ1) is 13.2. The molecule has 140 valence electrons. The van der Waals surface area contributed by atoms with Gasteiger partial charge >= 0.3 is 0 Å². The quantitative estimate of drug-likeness (QED) is 0.672. The summed E-state index contributed by atoms with van der Waals surface area (Å²) < 4.78 is 16.1. The molecule has 1 aromatic carbocycles. The number of carbonyl (C=O) groups excluding carboxylic acids is 1. The molecule has 1 saturated heterocycles. The van der Waals surface area contributed by atoms with Crippen molar-refractivity contribution in [2.24, 2.45) is 0 Å². The first kappa shape index (κ1) is 17.6. The van der Waals surface area contributed by atoms with Gasteiger partial charge in [0.1, 0.15) is 12.0 Å². The Morgan fingerprint density at radius 2 is 2.07 bits per heavy atom. The highest BCUT2D eigenvalue weighted by Crippen LogP contribution is 2.31. The van der Waals surface area contributed by atoms with Gasteiger partial charge in [-0.2, -0.15) is 0 Å². The van der Waals surface area contributed by atoms with E-state index in [-0.39, 0.29) is 11.8 Å². The molecule has 1 aliphatic heterocycles. The van der Waals surface area contributed by atoms with Gasteiger partial charge in [0, 0.05) is 24.0 Å². The summed E-state index contributed by atoms with van der Waals surface area (Å²) in [5.41, 5.74) is 1.23. The van der Waals surface area contributed by atoms with E-state index in [2.05, 4.69) is 10.2 Å². The fourth-order valence-electron chi connectivity index (χ4n) is 3.25. The van der Waals surface area contributed by atoms with Crippen molar-refractivity contribution in [1.29, 1.82) is 0 Å². The lowest BCUT2D eigenvalue weighted by Gasteiger charge is -2.30. The second kappa shape index (κ2) is 7.44. The zero-order chi connectivity index (χ0) is 18.8. The van der Waals surface area contributed by atoms with Crippen molar-refractivity contribution < 1.29 is 18.4 Å². The second-order valence-corrected chi connectivity index (χ2v) is 6.80. The first-order valence-electron chi connectivity index (χ1n) is 8.64. The van der Waals surface area contributed by atoms with E-state index >= 15 is 0 Å². The summed E-state index contributed by atoms with van der Waals surface area (Å²) in [4.78, 5) is 14.7. The maximum atomic E-state index is 12.9. The molecule has 0 aliphatic carbocycles. The molecule has 7 nitrogen and oxygen atoms in total. The summed E-state index contributed by atoms with van der Waals surface area (Å²) in [5, 5.41) is 8.75. The second-order valence-electron chi connectivity index (χ2n) is 6.37. The van der Waals surface area contributed by atoms with Crippen LogP contribution in [0.2, 0.25) is 5.02 Å². The van der Waals surface area contributed by atoms with Crippen LogP contribution in [0.15, 0.2) is 45.6 Å². The lowest BCUT2D eigenvalue weighted by atomic mass is 9.96. The van der Waals surface area contributed by atoms with Gasteiger partial charge in [-0.1, -0.05) is 11.6 Å². The maximum absolute atomic E-state index is 12.9. The SMILES string of the molecule is COc1ccc(Cl)cc1C(=O)N1CCC(c2nnc(-c3ccoc3)o2)CC1. The molecule has 0 bridgehead atoms. The number of piperidine rings is 1. The number of likely N-dealkylation sites (tertiary alicyclic amines) is 1. The van der Waals surface area contributed by atoms with Crippen molar-refractivity contribution in [2.75, 3.05) is 20.2 Å². The molecule has 1 amide bonds. The predicted octanol–water partition coefficient (Wildman–Crippen LogP) is 4.01. The van der Waals surface area contributed by atoms with Crippen LogP contribution in [0.1, 0.15) is 35.0 Å². The number of rotatable bonds is 4. The van der Waals surface area contributed by atoms with Crippen LogP contribution in [0.3, 0.4) is 0 Å². The number of ether oxygens (including phenoxy) is 1. The van der Waals surface area contributed by atoms with Gasteiger partial charge in [-0.15, -0.1) is 10.2 Å². The third-order valence-corrected chi connectivity index (χ3v) is 4.97. The molecular formula is C19H18ClN3O4. The lowest BCUT2D eigenvalue weighted by Crippen LogP contribution is -2.38. The van der Waals surface area contributed by atoms with Gasteiger partial charge in [0.05, 0.1) is 24.5 Å². The van der Waals surface area contributed by atoms with Gasteiger partial charge in [0.15, 0.2) is 0 Å². The van der Waals surface area contributed by atoms with E-state index in [1.807, 2.05) is 0 Å². The fraction of sp³-hybridized carbons (Fsp3) is 0.316. The van der Waals surface area contributed by atoms with Crippen molar-refractivity contribution in [3.8, 4) is 17.2 Å². The fourth-order valence-corrected chi connectivity index (χ4v) is 3.42. The Hall–Kier alpha value is -2.80. The van der Waals surface area contributed by atoms with Crippen molar-refractivity contribution in [3.63, 3.8) is 0 Å². The Bertz CT molecular complexity index is 930. The average molecular weight is 388 g/mol. The van der Waals surface area contributed by atoms with Crippen LogP contribution in [0.5, 0.6) is 5.75 Å². The largest absolute Gasteiger partial charge is 0.496 e. The summed E-state index contributed by atoms with van der Waals surface area (Å²) in [6.45, 7) is 1.20.